The first-order chi connectivity index (χ1) is 11.9. The second-order valence-corrected chi connectivity index (χ2v) is 7.12. The molecule has 0 aromatic heterocycles. The monoisotopic (exact) mass is 352 g/mol. The first-order valence-corrected chi connectivity index (χ1v) is 8.85. The van der Waals surface area contributed by atoms with Crippen LogP contribution >= 0.6 is 0 Å². The highest BCUT2D eigenvalue weighted by Crippen LogP contribution is 2.21. The molecule has 140 valence electrons. The van der Waals surface area contributed by atoms with Crippen molar-refractivity contribution < 1.29 is 19.0 Å². The number of carboxylic acid groups (broad SMARTS) is 1. The molecule has 6 heteroatoms. The fourth-order valence-electron chi connectivity index (χ4n) is 3.63. The molecule has 1 atom stereocenters. The molecule has 1 aliphatic rings. The summed E-state index contributed by atoms with van der Waals surface area (Å²) in [4.78, 5) is 15.2. The molecule has 0 radical (unpaired) electrons. The summed E-state index contributed by atoms with van der Waals surface area (Å²) in [6.45, 7) is 5.23. The summed E-state index contributed by atoms with van der Waals surface area (Å²) >= 11 is 0. The van der Waals surface area contributed by atoms with Crippen molar-refractivity contribution in [3.8, 4) is 5.75 Å². The maximum Gasteiger partial charge on any atom is 0.317 e. The van der Waals surface area contributed by atoms with E-state index in [9.17, 15) is 9.18 Å². The summed E-state index contributed by atoms with van der Waals surface area (Å²) in [7, 11) is 3.35. The fourth-order valence-corrected chi connectivity index (χ4v) is 3.63. The van der Waals surface area contributed by atoms with E-state index in [1.54, 1.807) is 12.1 Å². The fraction of sp³-hybridized carbons (Fsp3) is 0.632. The van der Waals surface area contributed by atoms with Crippen LogP contribution in [0.25, 0.3) is 0 Å². The van der Waals surface area contributed by atoms with Gasteiger partial charge in [0.05, 0.1) is 13.7 Å². The van der Waals surface area contributed by atoms with E-state index in [2.05, 4.69) is 11.8 Å². The number of carbonyl (C=O) groups is 1. The number of ether oxygens (including phenoxy) is 1. The molecule has 1 N–H and O–H groups in total. The average molecular weight is 352 g/mol. The number of likely N-dealkylation sites (tertiary alicyclic amines) is 1. The molecular formula is C19H29FN2O3. The molecule has 0 spiro atoms. The van der Waals surface area contributed by atoms with Crippen molar-refractivity contribution in [2.75, 3.05) is 40.3 Å². The van der Waals surface area contributed by atoms with Crippen LogP contribution in [0.1, 0.15) is 25.3 Å². The first-order valence-electron chi connectivity index (χ1n) is 8.85. The van der Waals surface area contributed by atoms with Gasteiger partial charge in [0.1, 0.15) is 0 Å². The molecule has 1 aliphatic heterocycles. The Kier molecular flexibility index (Phi) is 7.20. The highest BCUT2D eigenvalue weighted by molar-refractivity contribution is 5.69. The molecule has 25 heavy (non-hydrogen) atoms. The zero-order valence-corrected chi connectivity index (χ0v) is 15.4. The smallest absolute Gasteiger partial charge is 0.317 e. The van der Waals surface area contributed by atoms with Crippen LogP contribution in [0.2, 0.25) is 0 Å². The normalized spacial score (nSPS) is 17.6. The van der Waals surface area contributed by atoms with E-state index >= 15 is 0 Å². The van der Waals surface area contributed by atoms with Crippen LogP contribution in [0.15, 0.2) is 18.2 Å². The van der Waals surface area contributed by atoms with Crippen LogP contribution in [-0.4, -0.2) is 67.3 Å². The Labute approximate surface area is 149 Å². The maximum atomic E-state index is 13.8. The van der Waals surface area contributed by atoms with Crippen LogP contribution in [-0.2, 0) is 11.2 Å². The van der Waals surface area contributed by atoms with Crippen LogP contribution in [0, 0.1) is 11.7 Å². The Bertz CT molecular complexity index is 574. The van der Waals surface area contributed by atoms with E-state index in [0.717, 1.165) is 44.5 Å². The molecule has 0 saturated carbocycles. The zero-order chi connectivity index (χ0) is 18.4. The predicted octanol–water partition coefficient (Wildman–Crippen LogP) is 2.49. The van der Waals surface area contributed by atoms with Gasteiger partial charge in [0.25, 0.3) is 0 Å². The Morgan fingerprint density at radius 1 is 1.44 bits per heavy atom. The van der Waals surface area contributed by atoms with Gasteiger partial charge in [0.2, 0.25) is 0 Å². The Morgan fingerprint density at radius 3 is 2.68 bits per heavy atom. The standard InChI is InChI=1S/C19H29FN2O3/c1-14(10-15-4-5-18(25-3)17(20)11-15)12-22-8-6-16(7-9-22)21(2)13-19(23)24/h4-5,11,14,16H,6-10,12-13H2,1-3H3,(H,23,24). The lowest BCUT2D eigenvalue weighted by Gasteiger charge is -2.37. The van der Waals surface area contributed by atoms with Gasteiger partial charge in [-0.3, -0.25) is 9.69 Å². The number of methoxy groups -OCH3 is 1. The number of carboxylic acids is 1. The van der Waals surface area contributed by atoms with E-state index in [0.29, 0.717) is 12.0 Å². The van der Waals surface area contributed by atoms with Gasteiger partial charge in [-0.1, -0.05) is 13.0 Å². The van der Waals surface area contributed by atoms with Crippen molar-refractivity contribution in [2.45, 2.75) is 32.2 Å². The van der Waals surface area contributed by atoms with Gasteiger partial charge in [0.15, 0.2) is 11.6 Å². The van der Waals surface area contributed by atoms with Gasteiger partial charge in [-0.15, -0.1) is 0 Å². The number of hydrogen-bond acceptors (Lipinski definition) is 4. The Morgan fingerprint density at radius 2 is 2.12 bits per heavy atom. The van der Waals surface area contributed by atoms with Crippen molar-refractivity contribution in [1.29, 1.82) is 0 Å². The number of rotatable bonds is 8. The number of nitrogens with zero attached hydrogens (tertiary/aromatic N) is 2. The van der Waals surface area contributed by atoms with E-state index < -0.39 is 5.97 Å². The quantitative estimate of drug-likeness (QED) is 0.779. The van der Waals surface area contributed by atoms with Gasteiger partial charge in [-0.2, -0.15) is 0 Å². The molecule has 1 aromatic carbocycles. The number of hydrogen-bond donors (Lipinski definition) is 1. The van der Waals surface area contributed by atoms with Crippen LogP contribution < -0.4 is 4.74 Å². The number of halogens is 1. The number of likely N-dealkylation sites (N-methyl/N-ethyl adjacent to an activating group) is 1. The minimum atomic E-state index is -0.773. The van der Waals surface area contributed by atoms with Crippen LogP contribution in [0.4, 0.5) is 4.39 Å². The second-order valence-electron chi connectivity index (χ2n) is 7.12. The molecule has 0 aliphatic carbocycles. The van der Waals surface area contributed by atoms with Gasteiger partial charge in [-0.25, -0.2) is 4.39 Å². The molecule has 0 amide bonds. The third-order valence-electron chi connectivity index (χ3n) is 4.94. The summed E-state index contributed by atoms with van der Waals surface area (Å²) in [5, 5.41) is 8.89. The van der Waals surface area contributed by atoms with E-state index in [4.69, 9.17) is 9.84 Å². The predicted molar refractivity (Wildman–Crippen MR) is 95.5 cm³/mol. The van der Waals surface area contributed by atoms with E-state index in [1.165, 1.54) is 7.11 Å². The molecule has 0 bridgehead atoms. The van der Waals surface area contributed by atoms with Crippen LogP contribution in [0.5, 0.6) is 5.75 Å². The molecule has 1 heterocycles. The minimum absolute atomic E-state index is 0.101. The zero-order valence-electron chi connectivity index (χ0n) is 15.4. The largest absolute Gasteiger partial charge is 0.494 e. The Balaban J connectivity index is 1.77. The number of piperidine rings is 1. The molecule has 1 saturated heterocycles. The lowest BCUT2D eigenvalue weighted by atomic mass is 9.98. The van der Waals surface area contributed by atoms with Gasteiger partial charge in [0, 0.05) is 12.6 Å². The SMILES string of the molecule is COc1ccc(CC(C)CN2CCC(N(C)CC(=O)O)CC2)cc1F. The minimum Gasteiger partial charge on any atom is -0.494 e. The lowest BCUT2D eigenvalue weighted by Crippen LogP contribution is -2.45. The summed E-state index contributed by atoms with van der Waals surface area (Å²) in [6, 6.07) is 5.51. The molecular weight excluding hydrogens is 323 g/mol. The molecule has 1 aromatic rings. The third kappa shape index (κ3) is 5.97. The van der Waals surface area contributed by atoms with E-state index in [1.807, 2.05) is 18.0 Å². The molecule has 1 unspecified atom stereocenters. The van der Waals surface area contributed by atoms with Gasteiger partial charge < -0.3 is 14.7 Å². The van der Waals surface area contributed by atoms with Crippen LogP contribution in [0.3, 0.4) is 0 Å². The Hall–Kier alpha value is -1.66. The topological polar surface area (TPSA) is 53.0 Å². The van der Waals surface area contributed by atoms with Gasteiger partial charge in [-0.05, 0) is 63.0 Å². The second kappa shape index (κ2) is 9.15. The molecule has 5 nitrogen and oxygen atoms in total. The van der Waals surface area contributed by atoms with Crippen molar-refractivity contribution in [3.05, 3.63) is 29.6 Å². The highest BCUT2D eigenvalue weighted by atomic mass is 19.1. The summed E-state index contributed by atoms with van der Waals surface area (Å²) in [5.74, 6) is -0.371. The van der Waals surface area contributed by atoms with Crippen molar-refractivity contribution in [1.82, 2.24) is 9.80 Å². The molecule has 1 fully saturated rings. The van der Waals surface area contributed by atoms with Crippen molar-refractivity contribution in [3.63, 3.8) is 0 Å². The van der Waals surface area contributed by atoms with Crippen molar-refractivity contribution in [2.24, 2.45) is 5.92 Å². The highest BCUT2D eigenvalue weighted by Gasteiger charge is 2.24. The third-order valence-corrected chi connectivity index (χ3v) is 4.94. The average Bonchev–Trinajstić information content (AvgIpc) is 2.55. The summed E-state index contributed by atoms with van der Waals surface area (Å²) in [6.07, 6.45) is 2.82. The number of aliphatic carboxylic acids is 1. The maximum absolute atomic E-state index is 13.8. The summed E-state index contributed by atoms with van der Waals surface area (Å²) in [5.41, 5.74) is 0.988. The first kappa shape index (κ1) is 19.7. The van der Waals surface area contributed by atoms with Gasteiger partial charge >= 0.3 is 5.97 Å². The number of benzene rings is 1. The van der Waals surface area contributed by atoms with Crippen molar-refractivity contribution >= 4 is 5.97 Å². The lowest BCUT2D eigenvalue weighted by molar-refractivity contribution is -0.138. The summed E-state index contributed by atoms with van der Waals surface area (Å²) < 4.78 is 18.7. The molecule has 2 rings (SSSR count). The van der Waals surface area contributed by atoms with E-state index in [-0.39, 0.29) is 18.1 Å².